The van der Waals surface area contributed by atoms with Crippen LogP contribution in [-0.4, -0.2) is 30.2 Å². The molecule has 2 aromatic carbocycles. The van der Waals surface area contributed by atoms with E-state index in [4.69, 9.17) is 14.5 Å². The molecule has 29 heavy (non-hydrogen) atoms. The Morgan fingerprint density at radius 3 is 2.59 bits per heavy atom. The third kappa shape index (κ3) is 4.77. The zero-order valence-corrected chi connectivity index (χ0v) is 17.5. The number of hydrogen-bond donors (Lipinski definition) is 0. The predicted molar refractivity (Wildman–Crippen MR) is 117 cm³/mol. The van der Waals surface area contributed by atoms with Crippen molar-refractivity contribution in [3.63, 3.8) is 0 Å². The second-order valence-corrected chi connectivity index (χ2v) is 8.20. The van der Waals surface area contributed by atoms with E-state index in [2.05, 4.69) is 0 Å². The van der Waals surface area contributed by atoms with Crippen LogP contribution in [0.25, 0.3) is 10.2 Å². The van der Waals surface area contributed by atoms with Crippen molar-refractivity contribution in [2.45, 2.75) is 45.1 Å². The van der Waals surface area contributed by atoms with Crippen LogP contribution in [0.2, 0.25) is 0 Å². The van der Waals surface area contributed by atoms with Crippen molar-refractivity contribution in [1.29, 1.82) is 0 Å². The molecular formula is C23H26N2O3S. The lowest BCUT2D eigenvalue weighted by Crippen LogP contribution is -2.32. The molecule has 1 aliphatic carbocycles. The fourth-order valence-electron chi connectivity index (χ4n) is 3.66. The third-order valence-electron chi connectivity index (χ3n) is 5.12. The summed E-state index contributed by atoms with van der Waals surface area (Å²) >= 11 is 1.51. The van der Waals surface area contributed by atoms with Crippen molar-refractivity contribution < 1.29 is 14.3 Å². The lowest BCUT2D eigenvalue weighted by atomic mass is 9.98. The highest BCUT2D eigenvalue weighted by Crippen LogP contribution is 2.34. The van der Waals surface area contributed by atoms with E-state index in [-0.39, 0.29) is 18.6 Å². The highest BCUT2D eigenvalue weighted by atomic mass is 32.1. The first-order chi connectivity index (χ1) is 14.2. The van der Waals surface area contributed by atoms with Gasteiger partial charge in [-0.1, -0.05) is 42.7 Å². The number of rotatable bonds is 7. The molecule has 1 aromatic heterocycles. The molecule has 152 valence electrons. The number of aromatic nitrogens is 1. The van der Waals surface area contributed by atoms with Crippen LogP contribution in [0.4, 0.5) is 10.8 Å². The van der Waals surface area contributed by atoms with Gasteiger partial charge < -0.3 is 9.47 Å². The van der Waals surface area contributed by atoms with Gasteiger partial charge in [0.05, 0.1) is 28.6 Å². The van der Waals surface area contributed by atoms with E-state index in [9.17, 15) is 4.79 Å². The quantitative estimate of drug-likeness (QED) is 0.501. The monoisotopic (exact) mass is 410 g/mol. The Balaban J connectivity index is 1.59. The minimum Gasteiger partial charge on any atom is -0.494 e. The highest BCUT2D eigenvalue weighted by Gasteiger charge is 2.24. The summed E-state index contributed by atoms with van der Waals surface area (Å²) in [6.45, 7) is 2.62. The second kappa shape index (κ2) is 9.37. The smallest absolute Gasteiger partial charge is 0.259 e. The molecule has 4 rings (SSSR count). The molecule has 0 atom stereocenters. The molecule has 0 saturated heterocycles. The third-order valence-corrected chi connectivity index (χ3v) is 6.15. The van der Waals surface area contributed by atoms with E-state index in [0.717, 1.165) is 34.5 Å². The van der Waals surface area contributed by atoms with Crippen molar-refractivity contribution in [2.24, 2.45) is 0 Å². The van der Waals surface area contributed by atoms with Crippen LogP contribution in [0.15, 0.2) is 48.5 Å². The Morgan fingerprint density at radius 2 is 1.86 bits per heavy atom. The van der Waals surface area contributed by atoms with Crippen LogP contribution in [0.3, 0.4) is 0 Å². The SMILES string of the molecule is CCOc1ccc(N(C(=O)COC2CCCCC2)c2nc3ccccc3s2)cc1. The van der Waals surface area contributed by atoms with Crippen molar-refractivity contribution in [1.82, 2.24) is 4.98 Å². The highest BCUT2D eigenvalue weighted by molar-refractivity contribution is 7.22. The van der Waals surface area contributed by atoms with E-state index in [1.165, 1.54) is 30.6 Å². The molecule has 6 heteroatoms. The molecule has 1 aliphatic rings. The van der Waals surface area contributed by atoms with Gasteiger partial charge in [-0.2, -0.15) is 0 Å². The van der Waals surface area contributed by atoms with Crippen LogP contribution in [0, 0.1) is 0 Å². The molecule has 5 nitrogen and oxygen atoms in total. The molecule has 3 aromatic rings. The molecule has 0 bridgehead atoms. The van der Waals surface area contributed by atoms with Crippen molar-refractivity contribution >= 4 is 38.3 Å². The van der Waals surface area contributed by atoms with E-state index in [1.54, 1.807) is 4.90 Å². The number of carbonyl (C=O) groups excluding carboxylic acids is 1. The van der Waals surface area contributed by atoms with Crippen LogP contribution < -0.4 is 9.64 Å². The summed E-state index contributed by atoms with van der Waals surface area (Å²) in [5.41, 5.74) is 1.66. The van der Waals surface area contributed by atoms with Gasteiger partial charge in [0.15, 0.2) is 5.13 Å². The first-order valence-electron chi connectivity index (χ1n) is 10.3. The molecule has 0 spiro atoms. The molecule has 0 aliphatic heterocycles. The first kappa shape index (κ1) is 19.9. The zero-order valence-electron chi connectivity index (χ0n) is 16.7. The summed E-state index contributed by atoms with van der Waals surface area (Å²) in [6, 6.07) is 15.5. The van der Waals surface area contributed by atoms with Gasteiger partial charge in [-0.05, 0) is 56.2 Å². The van der Waals surface area contributed by atoms with Crippen LogP contribution in [-0.2, 0) is 9.53 Å². The molecule has 1 fully saturated rings. The van der Waals surface area contributed by atoms with Crippen LogP contribution >= 0.6 is 11.3 Å². The number of anilines is 2. The Bertz CT molecular complexity index is 915. The van der Waals surface area contributed by atoms with Gasteiger partial charge in [-0.25, -0.2) is 4.98 Å². The van der Waals surface area contributed by atoms with E-state index >= 15 is 0 Å². The number of ether oxygens (including phenoxy) is 2. The Kier molecular flexibility index (Phi) is 6.42. The summed E-state index contributed by atoms with van der Waals surface area (Å²) in [5, 5.41) is 0.660. The lowest BCUT2D eigenvalue weighted by Gasteiger charge is -2.24. The molecule has 0 unspecified atom stereocenters. The summed E-state index contributed by atoms with van der Waals surface area (Å²) in [5.74, 6) is 0.685. The maximum atomic E-state index is 13.2. The Morgan fingerprint density at radius 1 is 1.10 bits per heavy atom. The Hall–Kier alpha value is -2.44. The average molecular weight is 411 g/mol. The molecular weight excluding hydrogens is 384 g/mol. The normalized spacial score (nSPS) is 14.8. The van der Waals surface area contributed by atoms with Gasteiger partial charge in [-0.3, -0.25) is 9.69 Å². The van der Waals surface area contributed by atoms with Gasteiger partial charge in [-0.15, -0.1) is 0 Å². The lowest BCUT2D eigenvalue weighted by molar-refractivity contribution is -0.125. The fraction of sp³-hybridized carbons (Fsp3) is 0.391. The van der Waals surface area contributed by atoms with Crippen LogP contribution in [0.1, 0.15) is 39.0 Å². The zero-order chi connectivity index (χ0) is 20.1. The van der Waals surface area contributed by atoms with Crippen molar-refractivity contribution in [3.05, 3.63) is 48.5 Å². The maximum absolute atomic E-state index is 13.2. The number of amides is 1. The van der Waals surface area contributed by atoms with Gasteiger partial charge in [0.2, 0.25) is 0 Å². The van der Waals surface area contributed by atoms with Gasteiger partial charge in [0.1, 0.15) is 12.4 Å². The summed E-state index contributed by atoms with van der Waals surface area (Å²) < 4.78 is 12.6. The summed E-state index contributed by atoms with van der Waals surface area (Å²) in [7, 11) is 0. The standard InChI is InChI=1S/C23H26N2O3S/c1-2-27-19-14-12-17(13-15-19)25(22(26)16-28-18-8-4-3-5-9-18)23-24-20-10-6-7-11-21(20)29-23/h6-7,10-15,18H,2-5,8-9,16H2,1H3. The van der Waals surface area contributed by atoms with Gasteiger partial charge >= 0.3 is 0 Å². The number of nitrogens with zero attached hydrogens (tertiary/aromatic N) is 2. The molecule has 1 saturated carbocycles. The second-order valence-electron chi connectivity index (χ2n) is 7.19. The Labute approximate surface area is 175 Å². The number of benzene rings is 2. The maximum Gasteiger partial charge on any atom is 0.259 e. The van der Waals surface area contributed by atoms with Gasteiger partial charge in [0, 0.05) is 0 Å². The molecule has 1 heterocycles. The van der Waals surface area contributed by atoms with Gasteiger partial charge in [0.25, 0.3) is 5.91 Å². The minimum absolute atomic E-state index is 0.0633. The molecule has 0 radical (unpaired) electrons. The van der Waals surface area contributed by atoms with E-state index in [0.29, 0.717) is 11.7 Å². The largest absolute Gasteiger partial charge is 0.494 e. The van der Waals surface area contributed by atoms with E-state index < -0.39 is 0 Å². The molecule has 1 amide bonds. The number of fused-ring (bicyclic) bond motifs is 1. The summed E-state index contributed by atoms with van der Waals surface area (Å²) in [4.78, 5) is 19.6. The topological polar surface area (TPSA) is 51.7 Å². The summed E-state index contributed by atoms with van der Waals surface area (Å²) in [6.07, 6.45) is 5.89. The number of carbonyl (C=O) groups is 1. The van der Waals surface area contributed by atoms with Crippen LogP contribution in [0.5, 0.6) is 5.75 Å². The van der Waals surface area contributed by atoms with Crippen molar-refractivity contribution in [2.75, 3.05) is 18.1 Å². The number of para-hydroxylation sites is 1. The minimum atomic E-state index is -0.0983. The predicted octanol–water partition coefficient (Wildman–Crippen LogP) is 5.71. The number of hydrogen-bond acceptors (Lipinski definition) is 5. The fourth-order valence-corrected chi connectivity index (χ4v) is 4.66. The number of thiazole rings is 1. The van der Waals surface area contributed by atoms with Crippen molar-refractivity contribution in [3.8, 4) is 5.75 Å². The van der Waals surface area contributed by atoms with E-state index in [1.807, 2.05) is 55.5 Å². The molecule has 0 N–H and O–H groups in total. The first-order valence-corrected chi connectivity index (χ1v) is 11.1. The average Bonchev–Trinajstić information content (AvgIpc) is 3.18.